The fourth-order valence-corrected chi connectivity index (χ4v) is 2.32. The van der Waals surface area contributed by atoms with Crippen molar-refractivity contribution in [3.63, 3.8) is 0 Å². The second kappa shape index (κ2) is 6.37. The van der Waals surface area contributed by atoms with Gasteiger partial charge >= 0.3 is 5.97 Å². The van der Waals surface area contributed by atoms with Crippen LogP contribution in [0.4, 0.5) is 0 Å². The van der Waals surface area contributed by atoms with Crippen molar-refractivity contribution in [2.75, 3.05) is 19.7 Å². The number of amides is 1. The molecule has 1 amide bonds. The Morgan fingerprint density at radius 1 is 1.32 bits per heavy atom. The second-order valence-electron chi connectivity index (χ2n) is 6.06. The van der Waals surface area contributed by atoms with Crippen molar-refractivity contribution in [2.45, 2.75) is 40.0 Å². The lowest BCUT2D eigenvalue weighted by atomic mass is 9.76. The molecule has 19 heavy (non-hydrogen) atoms. The van der Waals surface area contributed by atoms with Crippen LogP contribution in [0.2, 0.25) is 0 Å². The Balaban J connectivity index is 2.62. The van der Waals surface area contributed by atoms with Gasteiger partial charge < -0.3 is 15.1 Å². The van der Waals surface area contributed by atoms with Crippen molar-refractivity contribution in [3.05, 3.63) is 0 Å². The van der Waals surface area contributed by atoms with Crippen molar-refractivity contribution < 1.29 is 19.8 Å². The Morgan fingerprint density at radius 2 is 1.84 bits per heavy atom. The summed E-state index contributed by atoms with van der Waals surface area (Å²) in [6, 6.07) is 0. The van der Waals surface area contributed by atoms with Crippen LogP contribution in [0.5, 0.6) is 0 Å². The number of carboxylic acids is 1. The van der Waals surface area contributed by atoms with Crippen LogP contribution in [0, 0.1) is 17.3 Å². The summed E-state index contributed by atoms with van der Waals surface area (Å²) in [6.45, 7) is 6.72. The first-order valence-electron chi connectivity index (χ1n) is 6.93. The van der Waals surface area contributed by atoms with E-state index in [9.17, 15) is 14.7 Å². The molecule has 1 fully saturated rings. The van der Waals surface area contributed by atoms with Gasteiger partial charge in [-0.1, -0.05) is 13.8 Å². The van der Waals surface area contributed by atoms with E-state index in [0.29, 0.717) is 13.1 Å². The van der Waals surface area contributed by atoms with Crippen molar-refractivity contribution >= 4 is 11.9 Å². The lowest BCUT2D eigenvalue weighted by Gasteiger charge is -2.35. The van der Waals surface area contributed by atoms with Gasteiger partial charge in [0, 0.05) is 26.1 Å². The van der Waals surface area contributed by atoms with Crippen LogP contribution in [-0.2, 0) is 9.59 Å². The molecule has 1 heterocycles. The highest BCUT2D eigenvalue weighted by Gasteiger charge is 2.40. The molecule has 2 N–H and O–H groups in total. The van der Waals surface area contributed by atoms with E-state index in [1.54, 1.807) is 11.8 Å². The Kier molecular flexibility index (Phi) is 5.35. The van der Waals surface area contributed by atoms with Gasteiger partial charge in [-0.3, -0.25) is 9.59 Å². The minimum absolute atomic E-state index is 0.0454. The van der Waals surface area contributed by atoms with Crippen molar-refractivity contribution in [1.29, 1.82) is 0 Å². The molecule has 0 aromatic carbocycles. The minimum Gasteiger partial charge on any atom is -0.481 e. The molecule has 1 aliphatic rings. The second-order valence-corrected chi connectivity index (χ2v) is 6.06. The van der Waals surface area contributed by atoms with Crippen LogP contribution in [-0.4, -0.2) is 46.7 Å². The average molecular weight is 271 g/mol. The molecule has 1 unspecified atom stereocenters. The predicted octanol–water partition coefficient (Wildman–Crippen LogP) is 1.35. The number of carboxylic acid groups (broad SMARTS) is 1. The molecule has 0 spiro atoms. The molecule has 1 atom stereocenters. The molecule has 1 saturated heterocycles. The summed E-state index contributed by atoms with van der Waals surface area (Å²) in [4.78, 5) is 25.3. The number of hydrogen-bond donors (Lipinski definition) is 2. The molecule has 1 rings (SSSR count). The smallest absolute Gasteiger partial charge is 0.310 e. The van der Waals surface area contributed by atoms with Crippen molar-refractivity contribution in [1.82, 2.24) is 4.90 Å². The third-order valence-corrected chi connectivity index (χ3v) is 4.51. The van der Waals surface area contributed by atoms with Gasteiger partial charge in [-0.05, 0) is 31.6 Å². The molecular weight excluding hydrogens is 246 g/mol. The van der Waals surface area contributed by atoms with Gasteiger partial charge in [-0.25, -0.2) is 0 Å². The quantitative estimate of drug-likeness (QED) is 0.791. The number of carbonyl (C=O) groups excluding carboxylic acids is 1. The predicted molar refractivity (Wildman–Crippen MR) is 71.6 cm³/mol. The molecule has 5 heteroatoms. The van der Waals surface area contributed by atoms with Gasteiger partial charge in [0.1, 0.15) is 0 Å². The molecule has 0 aliphatic carbocycles. The number of piperidine rings is 1. The van der Waals surface area contributed by atoms with Crippen LogP contribution in [0.15, 0.2) is 0 Å². The Morgan fingerprint density at radius 3 is 2.21 bits per heavy atom. The zero-order valence-corrected chi connectivity index (χ0v) is 12.1. The van der Waals surface area contributed by atoms with E-state index in [4.69, 9.17) is 5.11 Å². The molecule has 110 valence electrons. The van der Waals surface area contributed by atoms with Crippen LogP contribution in [0.25, 0.3) is 0 Å². The number of hydrogen-bond acceptors (Lipinski definition) is 3. The number of rotatable bonds is 5. The van der Waals surface area contributed by atoms with E-state index < -0.39 is 11.4 Å². The van der Waals surface area contributed by atoms with Gasteiger partial charge in [0.2, 0.25) is 5.91 Å². The highest BCUT2D eigenvalue weighted by Crippen LogP contribution is 2.32. The first kappa shape index (κ1) is 16.0. The Labute approximate surface area is 114 Å². The highest BCUT2D eigenvalue weighted by molar-refractivity contribution is 5.85. The first-order chi connectivity index (χ1) is 8.81. The van der Waals surface area contributed by atoms with Gasteiger partial charge in [-0.2, -0.15) is 0 Å². The fourth-order valence-electron chi connectivity index (χ4n) is 2.32. The average Bonchev–Trinajstić information content (AvgIpc) is 2.38. The van der Waals surface area contributed by atoms with Crippen LogP contribution in [0.3, 0.4) is 0 Å². The fraction of sp³-hybridized carbons (Fsp3) is 0.857. The van der Waals surface area contributed by atoms with Crippen molar-refractivity contribution in [3.8, 4) is 0 Å². The summed E-state index contributed by atoms with van der Waals surface area (Å²) in [5, 5.41) is 18.4. The maximum atomic E-state index is 12.2. The molecule has 0 bridgehead atoms. The monoisotopic (exact) mass is 271 g/mol. The Bertz CT molecular complexity index is 334. The lowest BCUT2D eigenvalue weighted by Crippen LogP contribution is -2.44. The minimum atomic E-state index is -1.01. The zero-order valence-electron chi connectivity index (χ0n) is 12.1. The zero-order chi connectivity index (χ0) is 14.6. The number of nitrogens with zero attached hydrogens (tertiary/aromatic N) is 1. The van der Waals surface area contributed by atoms with Crippen LogP contribution < -0.4 is 0 Å². The van der Waals surface area contributed by atoms with Crippen molar-refractivity contribution in [2.24, 2.45) is 17.3 Å². The van der Waals surface area contributed by atoms with Crippen LogP contribution in [0.1, 0.15) is 40.0 Å². The molecule has 0 aromatic heterocycles. The normalized spacial score (nSPS) is 20.4. The summed E-state index contributed by atoms with van der Waals surface area (Å²) in [7, 11) is 0. The van der Waals surface area contributed by atoms with E-state index in [-0.39, 0.29) is 30.8 Å². The third kappa shape index (κ3) is 3.69. The number of aliphatic hydroxyl groups excluding tert-OH is 1. The van der Waals surface area contributed by atoms with E-state index in [0.717, 1.165) is 12.8 Å². The molecule has 0 aromatic rings. The van der Waals surface area contributed by atoms with Gasteiger partial charge in [0.25, 0.3) is 0 Å². The molecule has 1 aliphatic heterocycles. The lowest BCUT2D eigenvalue weighted by molar-refractivity contribution is -0.155. The standard InChI is InChI=1S/C14H25NO4/c1-10(2)14(3,13(18)19)8-12(17)15-6-4-11(9-16)5-7-15/h10-11,16H,4-9H2,1-3H3,(H,18,19). The van der Waals surface area contributed by atoms with Gasteiger partial charge in [0.15, 0.2) is 0 Å². The summed E-state index contributed by atoms with van der Waals surface area (Å²) >= 11 is 0. The third-order valence-electron chi connectivity index (χ3n) is 4.51. The maximum absolute atomic E-state index is 12.2. The van der Waals surface area contributed by atoms with E-state index in [1.165, 1.54) is 0 Å². The SMILES string of the molecule is CC(C)C(C)(CC(=O)N1CCC(CO)CC1)C(=O)O. The van der Waals surface area contributed by atoms with Gasteiger partial charge in [-0.15, -0.1) is 0 Å². The number of aliphatic carboxylic acids is 1. The summed E-state index contributed by atoms with van der Waals surface area (Å²) in [5.41, 5.74) is -1.01. The van der Waals surface area contributed by atoms with E-state index in [2.05, 4.69) is 0 Å². The number of carbonyl (C=O) groups is 2. The Hall–Kier alpha value is -1.10. The largest absolute Gasteiger partial charge is 0.481 e. The molecule has 0 saturated carbocycles. The summed E-state index contributed by atoms with van der Waals surface area (Å²) in [5.74, 6) is -0.819. The molecule has 5 nitrogen and oxygen atoms in total. The van der Waals surface area contributed by atoms with E-state index >= 15 is 0 Å². The maximum Gasteiger partial charge on any atom is 0.310 e. The summed E-state index contributed by atoms with van der Waals surface area (Å²) < 4.78 is 0. The van der Waals surface area contributed by atoms with Crippen LogP contribution >= 0.6 is 0 Å². The first-order valence-corrected chi connectivity index (χ1v) is 6.93. The topological polar surface area (TPSA) is 77.8 Å². The van der Waals surface area contributed by atoms with E-state index in [1.807, 2.05) is 13.8 Å². The summed E-state index contributed by atoms with van der Waals surface area (Å²) in [6.07, 6.45) is 1.64. The molecule has 0 radical (unpaired) electrons. The number of aliphatic hydroxyl groups is 1. The van der Waals surface area contributed by atoms with Gasteiger partial charge in [0.05, 0.1) is 5.41 Å². The highest BCUT2D eigenvalue weighted by atomic mass is 16.4. The molecular formula is C14H25NO4. The number of likely N-dealkylation sites (tertiary alicyclic amines) is 1.